The van der Waals surface area contributed by atoms with E-state index >= 15 is 0 Å². The van der Waals surface area contributed by atoms with Crippen molar-refractivity contribution in [1.29, 1.82) is 0 Å². The first-order chi connectivity index (χ1) is 9.67. The lowest BCUT2D eigenvalue weighted by Crippen LogP contribution is -2.47. The fourth-order valence-electron chi connectivity index (χ4n) is 2.86. The Morgan fingerprint density at radius 3 is 2.15 bits per heavy atom. The summed E-state index contributed by atoms with van der Waals surface area (Å²) >= 11 is 0. The van der Waals surface area contributed by atoms with Crippen LogP contribution < -0.4 is 10.6 Å². The number of piperazine rings is 1. The maximum Gasteiger partial charge on any atom is 0.149 e. The second-order valence-corrected chi connectivity index (χ2v) is 5.84. The Labute approximate surface area is 118 Å². The highest BCUT2D eigenvalue weighted by Gasteiger charge is 2.28. The number of hydrogen-bond donors (Lipinski definition) is 1. The molecule has 110 valence electrons. The van der Waals surface area contributed by atoms with Crippen molar-refractivity contribution in [2.24, 2.45) is 11.7 Å². The molecule has 0 aromatic heterocycles. The van der Waals surface area contributed by atoms with Crippen molar-refractivity contribution in [2.75, 3.05) is 37.6 Å². The number of nitrogens with zero attached hydrogens (tertiary/aromatic N) is 2. The molecule has 0 bridgehead atoms. The average molecular weight is 281 g/mol. The van der Waals surface area contributed by atoms with Gasteiger partial charge in [0.05, 0.1) is 0 Å². The fourth-order valence-corrected chi connectivity index (χ4v) is 2.86. The molecule has 5 heteroatoms. The van der Waals surface area contributed by atoms with E-state index in [1.807, 2.05) is 4.90 Å². The molecular formula is C15H21F2N3. The molecule has 3 rings (SSSR count). The summed E-state index contributed by atoms with van der Waals surface area (Å²) < 4.78 is 28.1. The summed E-state index contributed by atoms with van der Waals surface area (Å²) in [4.78, 5) is 4.21. The summed E-state index contributed by atoms with van der Waals surface area (Å²) in [5.41, 5.74) is 6.03. The van der Waals surface area contributed by atoms with Crippen LogP contribution in [0.5, 0.6) is 0 Å². The van der Waals surface area contributed by atoms with Gasteiger partial charge in [-0.05, 0) is 36.5 Å². The molecule has 1 aliphatic heterocycles. The predicted octanol–water partition coefficient (Wildman–Crippen LogP) is 1.96. The number of rotatable bonds is 4. The Morgan fingerprint density at radius 2 is 1.65 bits per heavy atom. The molecule has 0 radical (unpaired) electrons. The van der Waals surface area contributed by atoms with Gasteiger partial charge in [-0.25, -0.2) is 8.78 Å². The van der Waals surface area contributed by atoms with Crippen molar-refractivity contribution in [3.05, 3.63) is 29.3 Å². The molecule has 1 aromatic rings. The minimum Gasteiger partial charge on any atom is -0.364 e. The molecule has 1 saturated heterocycles. The number of anilines is 1. The van der Waals surface area contributed by atoms with Gasteiger partial charge in [0.25, 0.3) is 0 Å². The van der Waals surface area contributed by atoms with Crippen LogP contribution in [-0.4, -0.2) is 37.6 Å². The molecule has 0 spiro atoms. The molecule has 20 heavy (non-hydrogen) atoms. The van der Waals surface area contributed by atoms with Crippen LogP contribution in [0.25, 0.3) is 0 Å². The van der Waals surface area contributed by atoms with E-state index in [1.165, 1.54) is 25.0 Å². The van der Waals surface area contributed by atoms with Crippen molar-refractivity contribution >= 4 is 5.69 Å². The minimum atomic E-state index is -0.499. The third-order valence-corrected chi connectivity index (χ3v) is 4.21. The molecular weight excluding hydrogens is 260 g/mol. The number of nitrogens with two attached hydrogens (primary N) is 1. The Morgan fingerprint density at radius 1 is 1.05 bits per heavy atom. The quantitative estimate of drug-likeness (QED) is 0.915. The van der Waals surface area contributed by atoms with Gasteiger partial charge in [0.1, 0.15) is 17.3 Å². The standard InChI is InChI=1S/C15H21F2N3/c16-13-7-12(9-18)8-14(17)15(13)20-5-3-19(4-6-20)10-11-1-2-11/h7-8,11H,1-6,9-10,18H2. The summed E-state index contributed by atoms with van der Waals surface area (Å²) in [6, 6.07) is 2.68. The second-order valence-electron chi connectivity index (χ2n) is 5.84. The van der Waals surface area contributed by atoms with Crippen molar-refractivity contribution in [3.63, 3.8) is 0 Å². The van der Waals surface area contributed by atoms with Gasteiger partial charge in [-0.15, -0.1) is 0 Å². The Bertz CT molecular complexity index is 457. The highest BCUT2D eigenvalue weighted by molar-refractivity contribution is 5.51. The van der Waals surface area contributed by atoms with Crippen LogP contribution in [0, 0.1) is 17.6 Å². The van der Waals surface area contributed by atoms with E-state index in [4.69, 9.17) is 5.73 Å². The molecule has 2 fully saturated rings. The summed E-state index contributed by atoms with van der Waals surface area (Å²) in [6.45, 7) is 4.43. The van der Waals surface area contributed by atoms with Gasteiger partial charge in [-0.3, -0.25) is 4.90 Å². The summed E-state index contributed by atoms with van der Waals surface area (Å²) in [5.74, 6) is -0.138. The van der Waals surface area contributed by atoms with Crippen molar-refractivity contribution < 1.29 is 8.78 Å². The number of hydrogen-bond acceptors (Lipinski definition) is 3. The first kappa shape index (κ1) is 13.8. The molecule has 1 aliphatic carbocycles. The smallest absolute Gasteiger partial charge is 0.149 e. The normalized spacial score (nSPS) is 20.4. The third-order valence-electron chi connectivity index (χ3n) is 4.21. The van der Waals surface area contributed by atoms with Gasteiger partial charge in [0.2, 0.25) is 0 Å². The summed E-state index contributed by atoms with van der Waals surface area (Å²) in [7, 11) is 0. The first-order valence-corrected chi connectivity index (χ1v) is 7.32. The fraction of sp³-hybridized carbons (Fsp3) is 0.600. The summed E-state index contributed by atoms with van der Waals surface area (Å²) in [5, 5.41) is 0. The van der Waals surface area contributed by atoms with Gasteiger partial charge in [-0.1, -0.05) is 0 Å². The van der Waals surface area contributed by atoms with Crippen LogP contribution >= 0.6 is 0 Å². The molecule has 2 N–H and O–H groups in total. The van der Waals surface area contributed by atoms with Gasteiger partial charge in [0, 0.05) is 39.3 Å². The van der Waals surface area contributed by atoms with E-state index in [9.17, 15) is 8.78 Å². The molecule has 3 nitrogen and oxygen atoms in total. The molecule has 0 amide bonds. The van der Waals surface area contributed by atoms with Crippen molar-refractivity contribution in [3.8, 4) is 0 Å². The molecule has 0 unspecified atom stereocenters. The highest BCUT2D eigenvalue weighted by Crippen LogP contribution is 2.31. The number of benzene rings is 1. The maximum absolute atomic E-state index is 14.0. The van der Waals surface area contributed by atoms with Crippen LogP contribution in [0.1, 0.15) is 18.4 Å². The van der Waals surface area contributed by atoms with E-state index in [2.05, 4.69) is 4.90 Å². The largest absolute Gasteiger partial charge is 0.364 e. The van der Waals surface area contributed by atoms with Crippen molar-refractivity contribution in [1.82, 2.24) is 4.90 Å². The topological polar surface area (TPSA) is 32.5 Å². The molecule has 1 aromatic carbocycles. The second kappa shape index (κ2) is 5.66. The lowest BCUT2D eigenvalue weighted by atomic mass is 10.1. The Balaban J connectivity index is 1.67. The van der Waals surface area contributed by atoms with Crippen LogP contribution in [0.3, 0.4) is 0 Å². The van der Waals surface area contributed by atoms with E-state index in [1.54, 1.807) is 0 Å². The first-order valence-electron chi connectivity index (χ1n) is 7.32. The maximum atomic E-state index is 14.0. The van der Waals surface area contributed by atoms with Gasteiger partial charge < -0.3 is 10.6 Å². The van der Waals surface area contributed by atoms with Crippen molar-refractivity contribution in [2.45, 2.75) is 19.4 Å². The zero-order valence-corrected chi connectivity index (χ0v) is 11.6. The molecule has 1 saturated carbocycles. The Hall–Kier alpha value is -1.20. The predicted molar refractivity (Wildman–Crippen MR) is 75.6 cm³/mol. The monoisotopic (exact) mass is 281 g/mol. The zero-order chi connectivity index (χ0) is 14.1. The van der Waals surface area contributed by atoms with Crippen LogP contribution in [0.15, 0.2) is 12.1 Å². The van der Waals surface area contributed by atoms with Crippen LogP contribution in [0.4, 0.5) is 14.5 Å². The van der Waals surface area contributed by atoms with E-state index in [0.29, 0.717) is 18.7 Å². The summed E-state index contributed by atoms with van der Waals surface area (Å²) in [6.07, 6.45) is 2.67. The third kappa shape index (κ3) is 2.94. The van der Waals surface area contributed by atoms with Gasteiger partial charge in [0.15, 0.2) is 0 Å². The lowest BCUT2D eigenvalue weighted by Gasteiger charge is -2.36. The Kier molecular flexibility index (Phi) is 3.89. The average Bonchev–Trinajstić information content (AvgIpc) is 3.23. The molecule has 0 atom stereocenters. The van der Waals surface area contributed by atoms with Gasteiger partial charge >= 0.3 is 0 Å². The van der Waals surface area contributed by atoms with Crippen LogP contribution in [-0.2, 0) is 6.54 Å². The molecule has 2 aliphatic rings. The number of halogens is 2. The van der Waals surface area contributed by atoms with E-state index < -0.39 is 11.6 Å². The van der Waals surface area contributed by atoms with Crippen LogP contribution in [0.2, 0.25) is 0 Å². The zero-order valence-electron chi connectivity index (χ0n) is 11.6. The van der Waals surface area contributed by atoms with E-state index in [0.717, 1.165) is 25.6 Å². The minimum absolute atomic E-state index is 0.105. The SMILES string of the molecule is NCc1cc(F)c(N2CCN(CC3CC3)CC2)c(F)c1. The highest BCUT2D eigenvalue weighted by atomic mass is 19.1. The molecule has 1 heterocycles. The van der Waals surface area contributed by atoms with Gasteiger partial charge in [-0.2, -0.15) is 0 Å². The van der Waals surface area contributed by atoms with E-state index in [-0.39, 0.29) is 12.2 Å². The lowest BCUT2D eigenvalue weighted by molar-refractivity contribution is 0.247.